The molecule has 0 aromatic carbocycles. The van der Waals surface area contributed by atoms with E-state index in [1.807, 2.05) is 0 Å². The van der Waals surface area contributed by atoms with Gasteiger partial charge in [0.05, 0.1) is 39.5 Å². The third-order valence-electron chi connectivity index (χ3n) is 23.8. The van der Waals surface area contributed by atoms with Crippen LogP contribution in [-0.4, -0.2) is 452 Å². The average Bonchev–Trinajstić information content (AvgIpc) is 1.51. The lowest BCUT2D eigenvalue weighted by molar-refractivity contribution is -0.270. The highest BCUT2D eigenvalue weighted by Crippen LogP contribution is 2.29. The highest BCUT2D eigenvalue weighted by atomic mass is 16.8. The smallest absolute Gasteiger partial charge is 0.265 e. The number of nitrogens with zero attached hydrogens (tertiary/aromatic N) is 6. The Labute approximate surface area is 823 Å². The van der Waals surface area contributed by atoms with Crippen molar-refractivity contribution in [3.8, 4) is 0 Å². The van der Waals surface area contributed by atoms with E-state index in [1.165, 1.54) is 13.8 Å². The molecule has 28 atom stereocenters. The van der Waals surface area contributed by atoms with E-state index in [-0.39, 0.29) is 142 Å². The van der Waals surface area contributed by atoms with Crippen LogP contribution in [-0.2, 0) is 125 Å². The molecule has 28 N–H and O–H groups in total. The molecule has 0 aromatic rings. The number of oxime groups is 4. The fraction of sp³-hybridized carbons (Fsp3) is 0.738. The summed E-state index contributed by atoms with van der Waals surface area (Å²) < 4.78 is 21.8. The van der Waals surface area contributed by atoms with Gasteiger partial charge in [-0.1, -0.05) is 20.6 Å². The summed E-state index contributed by atoms with van der Waals surface area (Å²) in [5.74, 6) is -15.8. The van der Waals surface area contributed by atoms with Crippen molar-refractivity contribution in [3.63, 3.8) is 0 Å². The molecule has 144 heavy (non-hydrogen) atoms. The minimum absolute atomic E-state index is 0.0000974. The van der Waals surface area contributed by atoms with Gasteiger partial charge in [-0.3, -0.25) is 86.3 Å². The lowest BCUT2D eigenvalue weighted by atomic mass is 9.97. The summed E-state index contributed by atoms with van der Waals surface area (Å²) in [6.45, 7) is 1.13. The molecule has 0 spiro atoms. The summed E-state index contributed by atoms with van der Waals surface area (Å²) >= 11 is 0. The number of aliphatic hydroxyl groups is 12. The molecule has 7 rings (SSSR count). The Kier molecular flexibility index (Phi) is 49.3. The molecule has 0 saturated carbocycles. The average molecular weight is 2060 g/mol. The van der Waals surface area contributed by atoms with Crippen LogP contribution in [0.25, 0.3) is 0 Å². The first-order valence-electron chi connectivity index (χ1n) is 46.9. The first-order chi connectivity index (χ1) is 68.5. The van der Waals surface area contributed by atoms with Crippen LogP contribution in [0.2, 0.25) is 0 Å². The van der Waals surface area contributed by atoms with Crippen molar-refractivity contribution in [2.24, 2.45) is 20.6 Å². The number of unbranched alkanes of at least 4 members (excludes halogenated alkanes) is 4. The molecule has 7 aliphatic rings. The van der Waals surface area contributed by atoms with Gasteiger partial charge in [0.1, 0.15) is 171 Å². The van der Waals surface area contributed by atoms with Crippen molar-refractivity contribution in [2.45, 2.75) is 315 Å². The number of rotatable bonds is 40. The Bertz CT molecular complexity index is 4200. The van der Waals surface area contributed by atoms with Gasteiger partial charge in [-0.2, -0.15) is 0 Å². The highest BCUT2D eigenvalue weighted by Gasteiger charge is 2.52. The first-order valence-corrected chi connectivity index (χ1v) is 46.9. The fourth-order valence-electron chi connectivity index (χ4n) is 16.2. The van der Waals surface area contributed by atoms with E-state index >= 15 is 9.59 Å². The van der Waals surface area contributed by atoms with Gasteiger partial charge in [-0.25, -0.2) is 0 Å². The zero-order valence-corrected chi connectivity index (χ0v) is 79.9. The van der Waals surface area contributed by atoms with Crippen LogP contribution in [0.4, 0.5) is 0 Å². The molecule has 808 valence electrons. The number of ether oxygens (including phenoxy) is 4. The molecule has 60 nitrogen and oxygen atoms in total. The number of carbonyl (C=O) groups is 18. The molecule has 0 radical (unpaired) electrons. The number of carbonyl (C=O) groups excluding carboxylic acids is 18. The minimum Gasteiger partial charge on any atom is -0.394 e. The summed E-state index contributed by atoms with van der Waals surface area (Å²) in [6, 6.07) is -17.7. The Morgan fingerprint density at radius 1 is 0.347 bits per heavy atom. The Morgan fingerprint density at radius 2 is 0.597 bits per heavy atom. The van der Waals surface area contributed by atoms with Crippen LogP contribution in [0, 0.1) is 0 Å². The van der Waals surface area contributed by atoms with Crippen LogP contribution in [0.5, 0.6) is 0 Å². The molecule has 0 unspecified atom stereocenters. The Morgan fingerprint density at radius 3 is 0.840 bits per heavy atom. The van der Waals surface area contributed by atoms with Gasteiger partial charge in [0, 0.05) is 67.0 Å². The van der Waals surface area contributed by atoms with Crippen molar-refractivity contribution >= 4 is 131 Å². The molecule has 0 bridgehead atoms. The van der Waals surface area contributed by atoms with E-state index in [0.717, 1.165) is 37.5 Å². The van der Waals surface area contributed by atoms with Gasteiger partial charge in [0.15, 0.2) is 0 Å². The Balaban J connectivity index is 1.13. The number of nitrogens with one attached hydrogen (secondary N) is 16. The van der Waals surface area contributed by atoms with Crippen LogP contribution < -0.4 is 85.1 Å². The predicted molar refractivity (Wildman–Crippen MR) is 486 cm³/mol. The molecular weight excluding hydrogens is 1930 g/mol. The number of hydrogen-bond donors (Lipinski definition) is 28. The number of hydrogen-bond acceptors (Lipinski definition) is 42. The lowest BCUT2D eigenvalue weighted by Gasteiger charge is -2.40. The van der Waals surface area contributed by atoms with Crippen molar-refractivity contribution in [3.05, 3.63) is 0 Å². The molecular formula is C84H134N22O38. The molecule has 0 aliphatic carbocycles. The van der Waals surface area contributed by atoms with E-state index in [4.69, 9.17) is 38.3 Å². The summed E-state index contributed by atoms with van der Waals surface area (Å²) in [7, 11) is 0. The van der Waals surface area contributed by atoms with Crippen molar-refractivity contribution < 1.29 is 186 Å². The second kappa shape index (κ2) is 59.8. The molecule has 7 fully saturated rings. The van der Waals surface area contributed by atoms with E-state index < -0.39 is 317 Å². The SMILES string of the molecule is CC(=O)N[C@H]1[C@@H](O/N=C/C(=O)NCCCC[C@@H]2NC(=O)CNC(=O)[C@@H]3CCCN3C(=O)[C@H](CCCCNC(=O)/C=N/O[C@H]3O[C@H](CO)[C@H](O)[C@H](O)[C@H]3NC(C)=O)NC(=O)[C@H](C)NC(=O)[C@H](CCCCNC(=O)/C=N/O[C@H]3O[C@H](CO)[C@H](O)[C@H](O)[C@H]3NC(C)=O)NC(=O)CNC(=O)[C@@H]3CCCN3C(=O)[C@H](CCCCNC(=O)/C=N/O[C@H]3O[C@H](CO)[C@H](O)[C@H](O)[C@H]3NC(C)=O)NC(=O)[C@H](C)NC2=O)O[C@H](CO)[C@H](O)[C@@H]1O. The van der Waals surface area contributed by atoms with Crippen LogP contribution in [0.3, 0.4) is 0 Å². The summed E-state index contributed by atoms with van der Waals surface area (Å²) in [6.07, 6.45) is -23.3. The molecule has 7 saturated heterocycles. The summed E-state index contributed by atoms with van der Waals surface area (Å²) in [4.78, 5) is 268. The molecule has 18 amide bonds. The topological polar surface area (TPSA) is 872 Å². The van der Waals surface area contributed by atoms with Crippen LogP contribution in [0.1, 0.15) is 144 Å². The molecule has 0 aromatic heterocycles. The normalized spacial score (nSPS) is 31.7. The predicted octanol–water partition coefficient (Wildman–Crippen LogP) is -15.9. The summed E-state index contributed by atoms with van der Waals surface area (Å²) in [5, 5.41) is 177. The fourth-order valence-corrected chi connectivity index (χ4v) is 16.2. The third-order valence-corrected chi connectivity index (χ3v) is 23.8. The zero-order valence-electron chi connectivity index (χ0n) is 79.9. The van der Waals surface area contributed by atoms with E-state index in [1.54, 1.807) is 0 Å². The van der Waals surface area contributed by atoms with Crippen molar-refractivity contribution in [1.29, 1.82) is 0 Å². The van der Waals surface area contributed by atoms with Gasteiger partial charge in [0.25, 0.3) is 23.6 Å². The second-order valence-electron chi connectivity index (χ2n) is 34.9. The largest absolute Gasteiger partial charge is 0.394 e. The molecule has 7 heterocycles. The van der Waals surface area contributed by atoms with Gasteiger partial charge in [-0.05, 0) is 117 Å². The van der Waals surface area contributed by atoms with E-state index in [9.17, 15) is 138 Å². The maximum atomic E-state index is 15.0. The van der Waals surface area contributed by atoms with Gasteiger partial charge in [-0.15, -0.1) is 0 Å². The lowest BCUT2D eigenvalue weighted by Crippen LogP contribution is -2.64. The van der Waals surface area contributed by atoms with Gasteiger partial charge in [0.2, 0.25) is 108 Å². The second-order valence-corrected chi connectivity index (χ2v) is 34.9. The summed E-state index contributed by atoms with van der Waals surface area (Å²) in [5.41, 5.74) is 0. The maximum absolute atomic E-state index is 15.0. The van der Waals surface area contributed by atoms with Gasteiger partial charge >= 0.3 is 0 Å². The number of aliphatic hydroxyl groups excluding tert-OH is 12. The maximum Gasteiger partial charge on any atom is 0.265 e. The zero-order chi connectivity index (χ0) is 106. The van der Waals surface area contributed by atoms with E-state index in [2.05, 4.69) is 106 Å². The third kappa shape index (κ3) is 36.8. The van der Waals surface area contributed by atoms with Crippen LogP contribution >= 0.6 is 0 Å². The quantitative estimate of drug-likeness (QED) is 0.0154. The molecule has 60 heteroatoms. The standard InChI is InChI=1S/C84H134N22O38/c1-39-73(129)103-47(19-9-13-25-87-57(117)33-93-143-83-63(99-43(5)113)71(127)67(123)53(37-109)139-83)79(135)105-27-15-21-49(105)77(133)90-30-60(120)102-46(18-8-12-24-86-56(116)32-92-142-82-62(98-42(4)112)70(126)66(122)52(36-108)138-82)76(132)96-40(2)74(130)104-48(20-10-14-26-88-58(118)34-94-144-84-64(100-44(6)114)72(128)68(124)54(38-110)140-84)80(136)106-28-16-22-50(106)78(134)89-29-59(119)101-45(75(131)95-39)17-7-11-23-85-55(115)31-91-141-81-61(97-41(3)111)69(125)65(121)51(35-107)137-81/h31-34,39-40,45-54,61-72,81-84,107-110,121-128H,7-30,35-38H2,1-6H3,(H,85,115)(H,86,116)(H,87,117)(H,88,118)(H,89,134)(H,90,133)(H,95,131)(H,96,132)(H,97,111)(H,98,112)(H,99,113)(H,100,114)(H,101,119)(H,102,120)(H,103,129)(H,104,130)/b91-31+,92-32+,93-33+,94-34+/t39-,40-,45-,46-,47-,48-,49-,50-,51+,52+,53+,54+,61+,62+,63+,64+,65-,66-,67-,68-,69+,70+,71+,72+,81+,82+,83+,84+/m0/s1. The molecule has 7 aliphatic heterocycles. The van der Waals surface area contributed by atoms with Crippen molar-refractivity contribution in [1.82, 2.24) is 94.9 Å². The highest BCUT2D eigenvalue weighted by molar-refractivity contribution is 6.27. The van der Waals surface area contributed by atoms with Crippen LogP contribution in [0.15, 0.2) is 20.6 Å². The van der Waals surface area contributed by atoms with E-state index in [0.29, 0.717) is 24.9 Å². The Hall–Kier alpha value is -12.3. The minimum atomic E-state index is -1.71. The number of amides is 18. The van der Waals surface area contributed by atoms with Crippen molar-refractivity contribution in [2.75, 3.05) is 78.8 Å². The monoisotopic (exact) mass is 2060 g/mol. The number of fused-ring (bicyclic) bond motifs is 2. The first kappa shape index (κ1) is 119. The van der Waals surface area contributed by atoms with Gasteiger partial charge < -0.3 is 194 Å².